The molecule has 3 rings (SSSR count). The molecule has 3 aliphatic carbocycles. The lowest BCUT2D eigenvalue weighted by molar-refractivity contribution is -0.152. The maximum absolute atomic E-state index is 11.8. The van der Waals surface area contributed by atoms with Gasteiger partial charge in [-0.25, -0.2) is 4.79 Å². The summed E-state index contributed by atoms with van der Waals surface area (Å²) in [7, 11) is 0. The monoisotopic (exact) mass is 549 g/mol. The number of aliphatic hydroxyl groups excluding tert-OH is 1. The number of aliphatic hydroxyl groups is 1. The number of carbonyl (C=O) groups excluding carboxylic acids is 1. The number of esters is 1. The summed E-state index contributed by atoms with van der Waals surface area (Å²) >= 11 is 0. The first-order chi connectivity index (χ1) is 18.7. The molecule has 3 N–H and O–H groups in total. The number of nitrogens with zero attached hydrogens (tertiary/aromatic N) is 1. The van der Waals surface area contributed by atoms with Crippen LogP contribution in [0.25, 0.3) is 0 Å². The van der Waals surface area contributed by atoms with E-state index in [1.54, 1.807) is 6.92 Å². The van der Waals surface area contributed by atoms with Crippen molar-refractivity contribution in [3.05, 3.63) is 0 Å². The fourth-order valence-corrected chi connectivity index (χ4v) is 7.54. The van der Waals surface area contributed by atoms with Crippen molar-refractivity contribution in [2.24, 2.45) is 46.4 Å². The lowest BCUT2D eigenvalue weighted by atomic mass is 9.74. The topological polar surface area (TPSA) is 92.2 Å². The average molecular weight is 550 g/mol. The van der Waals surface area contributed by atoms with E-state index in [1.165, 1.54) is 38.5 Å². The van der Waals surface area contributed by atoms with Crippen LogP contribution in [0.2, 0.25) is 0 Å². The van der Waals surface area contributed by atoms with Crippen LogP contribution in [-0.2, 0) is 14.3 Å². The van der Waals surface area contributed by atoms with Crippen LogP contribution in [0.4, 0.5) is 0 Å². The molecule has 0 amide bonds. The highest BCUT2D eigenvalue weighted by molar-refractivity contribution is 5.70. The average Bonchev–Trinajstić information content (AvgIpc) is 2.89. The van der Waals surface area contributed by atoms with Gasteiger partial charge in [-0.15, -0.1) is 0 Å². The molecule has 7 nitrogen and oxygen atoms in total. The minimum Gasteiger partial charge on any atom is -0.464 e. The molecule has 39 heavy (non-hydrogen) atoms. The highest BCUT2D eigenvalue weighted by atomic mass is 16.6. The molecule has 0 bridgehead atoms. The summed E-state index contributed by atoms with van der Waals surface area (Å²) in [5, 5.41) is 19.3. The maximum atomic E-state index is 11.8. The Labute approximate surface area is 238 Å². The second-order valence-electron chi connectivity index (χ2n) is 13.2. The molecule has 0 aromatic rings. The summed E-state index contributed by atoms with van der Waals surface area (Å²) < 4.78 is 10.8. The SMILES string of the molecule is CCC=NC(NC(NCC1CCC(C)CC1C)C1CCC(OCC(=O)OCC)CC1O)C1CCC(C)CC1C. The molecule has 0 heterocycles. The number of rotatable bonds is 13. The predicted molar refractivity (Wildman–Crippen MR) is 159 cm³/mol. The van der Waals surface area contributed by atoms with Gasteiger partial charge in [0.05, 0.1) is 25.0 Å². The van der Waals surface area contributed by atoms with Gasteiger partial charge in [0.2, 0.25) is 0 Å². The zero-order valence-electron chi connectivity index (χ0n) is 25.7. The molecule has 11 atom stereocenters. The van der Waals surface area contributed by atoms with Gasteiger partial charge in [-0.1, -0.05) is 47.5 Å². The standard InChI is InChI=1S/C32H59N3O4/c1-7-15-33-31(27-13-10-22(4)17-24(27)6)35-32(34-19-25-11-9-21(3)16-23(25)5)28-14-12-26(18-29(28)36)39-20-30(37)38-8-2/h15,21-29,31-32,34-36H,7-14,16-20H2,1-6H3. The Kier molecular flexibility index (Phi) is 13.7. The highest BCUT2D eigenvalue weighted by Gasteiger charge is 2.39. The molecule has 11 unspecified atom stereocenters. The Morgan fingerprint density at radius 1 is 0.949 bits per heavy atom. The zero-order valence-corrected chi connectivity index (χ0v) is 25.7. The van der Waals surface area contributed by atoms with E-state index in [0.717, 1.165) is 37.6 Å². The van der Waals surface area contributed by atoms with Crippen molar-refractivity contribution in [2.75, 3.05) is 19.8 Å². The van der Waals surface area contributed by atoms with Crippen LogP contribution < -0.4 is 10.6 Å². The fourth-order valence-electron chi connectivity index (χ4n) is 7.54. The maximum Gasteiger partial charge on any atom is 0.332 e. The molecular weight excluding hydrogens is 490 g/mol. The molecule has 0 saturated heterocycles. The molecule has 0 aromatic heterocycles. The third-order valence-electron chi connectivity index (χ3n) is 9.90. The number of aliphatic imine (C=N–C) groups is 1. The van der Waals surface area contributed by atoms with Crippen molar-refractivity contribution in [3.8, 4) is 0 Å². The van der Waals surface area contributed by atoms with E-state index in [9.17, 15) is 9.90 Å². The summed E-state index contributed by atoms with van der Waals surface area (Å²) in [6, 6.07) is 0. The summed E-state index contributed by atoms with van der Waals surface area (Å²) in [5.74, 6) is 3.84. The third-order valence-corrected chi connectivity index (χ3v) is 9.90. The quantitative estimate of drug-likeness (QED) is 0.158. The molecule has 3 saturated carbocycles. The van der Waals surface area contributed by atoms with Gasteiger partial charge in [0.25, 0.3) is 0 Å². The Morgan fingerprint density at radius 2 is 1.64 bits per heavy atom. The number of nitrogens with one attached hydrogen (secondary N) is 2. The summed E-state index contributed by atoms with van der Waals surface area (Å²) in [6.45, 7) is 14.8. The van der Waals surface area contributed by atoms with E-state index in [1.807, 2.05) is 0 Å². The Balaban J connectivity index is 1.71. The van der Waals surface area contributed by atoms with Crippen LogP contribution in [0.3, 0.4) is 0 Å². The largest absolute Gasteiger partial charge is 0.464 e. The first kappa shape index (κ1) is 32.5. The van der Waals surface area contributed by atoms with E-state index in [0.29, 0.717) is 36.7 Å². The number of carbonyl (C=O) groups is 1. The molecule has 3 fully saturated rings. The van der Waals surface area contributed by atoms with Gasteiger partial charge in [-0.05, 0) is 100 Å². The molecule has 0 radical (unpaired) electrons. The Bertz CT molecular complexity index is 749. The van der Waals surface area contributed by atoms with Crippen LogP contribution in [0, 0.1) is 41.4 Å². The molecule has 0 aromatic carbocycles. The van der Waals surface area contributed by atoms with Crippen molar-refractivity contribution < 1.29 is 19.4 Å². The smallest absolute Gasteiger partial charge is 0.332 e. The molecule has 0 aliphatic heterocycles. The highest BCUT2D eigenvalue weighted by Crippen LogP contribution is 2.37. The van der Waals surface area contributed by atoms with E-state index in [-0.39, 0.29) is 36.9 Å². The molecule has 0 spiro atoms. The Hall–Kier alpha value is -1.02. The molecular formula is C32H59N3O4. The van der Waals surface area contributed by atoms with E-state index in [2.05, 4.69) is 51.5 Å². The van der Waals surface area contributed by atoms with Crippen molar-refractivity contribution >= 4 is 12.2 Å². The van der Waals surface area contributed by atoms with Crippen LogP contribution in [0.15, 0.2) is 4.99 Å². The van der Waals surface area contributed by atoms with Crippen molar-refractivity contribution in [2.45, 2.75) is 130 Å². The second-order valence-corrected chi connectivity index (χ2v) is 13.2. The van der Waals surface area contributed by atoms with Gasteiger partial charge in [0.1, 0.15) is 12.8 Å². The molecule has 3 aliphatic rings. The summed E-state index contributed by atoms with van der Waals surface area (Å²) in [6.07, 6.45) is 12.2. The third kappa shape index (κ3) is 10.1. The second kappa shape index (κ2) is 16.4. The van der Waals surface area contributed by atoms with Crippen molar-refractivity contribution in [1.82, 2.24) is 10.6 Å². The van der Waals surface area contributed by atoms with Crippen molar-refractivity contribution in [3.63, 3.8) is 0 Å². The normalized spacial score (nSPS) is 37.5. The van der Waals surface area contributed by atoms with Gasteiger partial charge < -0.3 is 19.9 Å². The predicted octanol–water partition coefficient (Wildman–Crippen LogP) is 5.55. The Morgan fingerprint density at radius 3 is 2.28 bits per heavy atom. The first-order valence-corrected chi connectivity index (χ1v) is 16.2. The van der Waals surface area contributed by atoms with Gasteiger partial charge in [-0.3, -0.25) is 10.3 Å². The summed E-state index contributed by atoms with van der Waals surface area (Å²) in [4.78, 5) is 16.9. The first-order valence-electron chi connectivity index (χ1n) is 16.2. The number of ether oxygens (including phenoxy) is 2. The molecule has 226 valence electrons. The summed E-state index contributed by atoms with van der Waals surface area (Å²) in [5.41, 5.74) is 0. The van der Waals surface area contributed by atoms with E-state index in [4.69, 9.17) is 14.5 Å². The molecule has 7 heteroatoms. The lowest BCUT2D eigenvalue weighted by Crippen LogP contribution is -2.59. The van der Waals surface area contributed by atoms with Crippen LogP contribution in [0.1, 0.15) is 106 Å². The number of hydrogen-bond donors (Lipinski definition) is 3. The van der Waals surface area contributed by atoms with Gasteiger partial charge in [0.15, 0.2) is 0 Å². The van der Waals surface area contributed by atoms with E-state index < -0.39 is 6.10 Å². The van der Waals surface area contributed by atoms with Gasteiger partial charge in [0, 0.05) is 12.1 Å². The van der Waals surface area contributed by atoms with E-state index >= 15 is 0 Å². The fraction of sp³-hybridized carbons (Fsp3) is 0.938. The van der Waals surface area contributed by atoms with Crippen LogP contribution in [-0.4, -0.2) is 61.6 Å². The van der Waals surface area contributed by atoms with Crippen molar-refractivity contribution in [1.29, 1.82) is 0 Å². The zero-order chi connectivity index (χ0) is 28.4. The minimum absolute atomic E-state index is 0.0110. The minimum atomic E-state index is -0.501. The number of hydrogen-bond acceptors (Lipinski definition) is 7. The van der Waals surface area contributed by atoms with Crippen LogP contribution >= 0.6 is 0 Å². The van der Waals surface area contributed by atoms with Crippen LogP contribution in [0.5, 0.6) is 0 Å². The van der Waals surface area contributed by atoms with Gasteiger partial charge >= 0.3 is 5.97 Å². The van der Waals surface area contributed by atoms with Gasteiger partial charge in [-0.2, -0.15) is 0 Å². The lowest BCUT2D eigenvalue weighted by Gasteiger charge is -2.43.